The Labute approximate surface area is 196 Å². The van der Waals surface area contributed by atoms with Gasteiger partial charge in [-0.25, -0.2) is 0 Å². The van der Waals surface area contributed by atoms with Gasteiger partial charge >= 0.3 is 8.80 Å². The van der Waals surface area contributed by atoms with Gasteiger partial charge in [-0.1, -0.05) is 97.3 Å². The molecule has 0 fully saturated rings. The molecule has 0 aliphatic heterocycles. The SMILES string of the molecule is CCCCCCCCCCCCCCCC(C=C[N+](C)(C)CCC)[Si](OC)(OC)OC. The number of hydrogen-bond acceptors (Lipinski definition) is 3. The van der Waals surface area contributed by atoms with E-state index in [4.69, 9.17) is 13.3 Å². The van der Waals surface area contributed by atoms with E-state index >= 15 is 0 Å². The van der Waals surface area contributed by atoms with Crippen LogP contribution in [0.4, 0.5) is 0 Å². The third-order valence-electron chi connectivity index (χ3n) is 6.45. The third-order valence-corrected chi connectivity index (χ3v) is 9.54. The van der Waals surface area contributed by atoms with E-state index in [1.165, 1.54) is 89.9 Å². The van der Waals surface area contributed by atoms with Crippen LogP contribution in [0, 0.1) is 0 Å². The Kier molecular flexibility index (Phi) is 19.2. The van der Waals surface area contributed by atoms with Crippen LogP contribution in [0.1, 0.15) is 110 Å². The Morgan fingerprint density at radius 3 is 1.45 bits per heavy atom. The molecule has 0 saturated heterocycles. The van der Waals surface area contributed by atoms with Gasteiger partial charge < -0.3 is 17.8 Å². The van der Waals surface area contributed by atoms with Gasteiger partial charge in [0, 0.05) is 21.3 Å². The van der Waals surface area contributed by atoms with E-state index in [9.17, 15) is 0 Å². The molecule has 0 saturated carbocycles. The summed E-state index contributed by atoms with van der Waals surface area (Å²) in [6.45, 7) is 5.65. The summed E-state index contributed by atoms with van der Waals surface area (Å²) in [4.78, 5) is 0. The number of unbranched alkanes of at least 4 members (excludes halogenated alkanes) is 12. The van der Waals surface area contributed by atoms with Crippen molar-refractivity contribution in [1.82, 2.24) is 0 Å². The minimum atomic E-state index is -2.67. The van der Waals surface area contributed by atoms with E-state index in [1.54, 1.807) is 21.3 Å². The van der Waals surface area contributed by atoms with Crippen molar-refractivity contribution in [2.24, 2.45) is 0 Å². The lowest BCUT2D eigenvalue weighted by Crippen LogP contribution is -2.47. The largest absolute Gasteiger partial charge is 0.507 e. The summed E-state index contributed by atoms with van der Waals surface area (Å²) in [6, 6.07) is 0. The van der Waals surface area contributed by atoms with Crippen LogP contribution in [0.15, 0.2) is 12.3 Å². The molecule has 0 N–H and O–H groups in total. The van der Waals surface area contributed by atoms with Gasteiger partial charge in [0.25, 0.3) is 0 Å². The van der Waals surface area contributed by atoms with Crippen LogP contribution < -0.4 is 0 Å². The van der Waals surface area contributed by atoms with Crippen LogP contribution >= 0.6 is 0 Å². The quantitative estimate of drug-likeness (QED) is 0.0944. The maximum Gasteiger partial charge on any atom is 0.507 e. The van der Waals surface area contributed by atoms with Crippen LogP contribution in [0.5, 0.6) is 0 Å². The van der Waals surface area contributed by atoms with E-state index < -0.39 is 8.80 Å². The standard InChI is InChI=1S/C26H56NO3Si/c1-8-10-11-12-13-14-15-16-17-18-19-20-21-22-26(31(28-5,29-6)30-7)23-25-27(3,4)24-9-2/h23,25-26H,8-22,24H2,1-7H3/q+1. The second kappa shape index (κ2) is 19.3. The molecule has 0 aromatic rings. The normalized spacial score (nSPS) is 13.9. The molecule has 1 unspecified atom stereocenters. The average Bonchev–Trinajstić information content (AvgIpc) is 2.76. The molecule has 0 aromatic heterocycles. The monoisotopic (exact) mass is 458 g/mol. The van der Waals surface area contributed by atoms with Crippen molar-refractivity contribution >= 4 is 8.80 Å². The summed E-state index contributed by atoms with van der Waals surface area (Å²) in [5.74, 6) is 0. The fourth-order valence-electron chi connectivity index (χ4n) is 4.46. The summed E-state index contributed by atoms with van der Waals surface area (Å²) in [5.41, 5.74) is 0.217. The second-order valence-corrected chi connectivity index (χ2v) is 12.9. The molecule has 0 aromatic carbocycles. The lowest BCUT2D eigenvalue weighted by molar-refractivity contribution is -0.839. The highest BCUT2D eigenvalue weighted by Crippen LogP contribution is 2.32. The van der Waals surface area contributed by atoms with Gasteiger partial charge in [-0.3, -0.25) is 0 Å². The number of quaternary nitrogens is 1. The molecule has 0 bridgehead atoms. The molecule has 186 valence electrons. The molecular formula is C26H56NO3Si+. The highest BCUT2D eigenvalue weighted by atomic mass is 28.4. The van der Waals surface area contributed by atoms with Crippen molar-refractivity contribution in [3.05, 3.63) is 12.3 Å². The molecule has 0 spiro atoms. The minimum Gasteiger partial charge on any atom is -0.376 e. The fourth-order valence-corrected chi connectivity index (χ4v) is 6.75. The number of allylic oxidation sites excluding steroid dienone is 1. The van der Waals surface area contributed by atoms with E-state index in [1.807, 2.05) is 0 Å². The predicted molar refractivity (Wildman–Crippen MR) is 137 cm³/mol. The summed E-state index contributed by atoms with van der Waals surface area (Å²) in [5, 5.41) is 0. The first-order chi connectivity index (χ1) is 14.9. The first-order valence-electron chi connectivity index (χ1n) is 13.1. The van der Waals surface area contributed by atoms with Crippen LogP contribution in [0.2, 0.25) is 5.54 Å². The van der Waals surface area contributed by atoms with Crippen LogP contribution in [-0.2, 0) is 13.3 Å². The highest BCUT2D eigenvalue weighted by molar-refractivity contribution is 6.62. The van der Waals surface area contributed by atoms with Crippen LogP contribution in [-0.4, -0.2) is 55.3 Å². The molecule has 0 rings (SSSR count). The molecule has 5 heteroatoms. The van der Waals surface area contributed by atoms with Crippen molar-refractivity contribution in [3.8, 4) is 0 Å². The zero-order chi connectivity index (χ0) is 23.4. The average molecular weight is 459 g/mol. The summed E-state index contributed by atoms with van der Waals surface area (Å²) < 4.78 is 18.4. The van der Waals surface area contributed by atoms with Gasteiger partial charge in [0.05, 0.1) is 32.4 Å². The second-order valence-electron chi connectivity index (χ2n) is 9.70. The molecule has 1 atom stereocenters. The molecule has 0 aliphatic rings. The van der Waals surface area contributed by atoms with Crippen molar-refractivity contribution in [3.63, 3.8) is 0 Å². The number of hydrogen-bond donors (Lipinski definition) is 0. The number of rotatable bonds is 22. The first kappa shape index (κ1) is 30.8. The maximum absolute atomic E-state index is 5.82. The molecule has 0 heterocycles. The Morgan fingerprint density at radius 1 is 0.645 bits per heavy atom. The fraction of sp³-hybridized carbons (Fsp3) is 0.923. The lowest BCUT2D eigenvalue weighted by atomic mass is 10.0. The van der Waals surface area contributed by atoms with E-state index in [0.717, 1.165) is 17.4 Å². The zero-order valence-corrected chi connectivity index (χ0v) is 23.2. The van der Waals surface area contributed by atoms with Crippen molar-refractivity contribution in [2.75, 3.05) is 42.0 Å². The Bertz CT molecular complexity index is 417. The molecular weight excluding hydrogens is 402 g/mol. The van der Waals surface area contributed by atoms with Gasteiger partial charge in [0.1, 0.15) is 0 Å². The first-order valence-corrected chi connectivity index (χ1v) is 14.9. The van der Waals surface area contributed by atoms with E-state index in [-0.39, 0.29) is 5.54 Å². The van der Waals surface area contributed by atoms with E-state index in [2.05, 4.69) is 40.2 Å². The van der Waals surface area contributed by atoms with Crippen LogP contribution in [0.25, 0.3) is 0 Å². The van der Waals surface area contributed by atoms with Crippen molar-refractivity contribution in [2.45, 2.75) is 116 Å². The molecule has 0 radical (unpaired) electrons. The van der Waals surface area contributed by atoms with E-state index in [0.29, 0.717) is 0 Å². The minimum absolute atomic E-state index is 0.217. The predicted octanol–water partition coefficient (Wildman–Crippen LogP) is 7.72. The van der Waals surface area contributed by atoms with Gasteiger partial charge in [-0.2, -0.15) is 0 Å². The Balaban J connectivity index is 4.25. The smallest absolute Gasteiger partial charge is 0.376 e. The Morgan fingerprint density at radius 2 is 1.06 bits per heavy atom. The highest BCUT2D eigenvalue weighted by Gasteiger charge is 2.46. The molecule has 31 heavy (non-hydrogen) atoms. The maximum atomic E-state index is 5.82. The summed E-state index contributed by atoms with van der Waals surface area (Å²) >= 11 is 0. The molecule has 4 nitrogen and oxygen atoms in total. The zero-order valence-electron chi connectivity index (χ0n) is 22.2. The van der Waals surface area contributed by atoms with Crippen molar-refractivity contribution < 1.29 is 17.8 Å². The van der Waals surface area contributed by atoms with Gasteiger partial charge in [0.15, 0.2) is 0 Å². The third kappa shape index (κ3) is 14.5. The van der Waals surface area contributed by atoms with Gasteiger partial charge in [-0.05, 0) is 18.9 Å². The Hall–Kier alpha value is -0.203. The van der Waals surface area contributed by atoms with Crippen LogP contribution in [0.3, 0.4) is 0 Å². The topological polar surface area (TPSA) is 27.7 Å². The van der Waals surface area contributed by atoms with Crippen molar-refractivity contribution in [1.29, 1.82) is 0 Å². The van der Waals surface area contributed by atoms with Gasteiger partial charge in [0.2, 0.25) is 0 Å². The van der Waals surface area contributed by atoms with Gasteiger partial charge in [-0.15, -0.1) is 0 Å². The summed E-state index contributed by atoms with van der Waals surface area (Å²) in [7, 11) is 7.02. The summed E-state index contributed by atoms with van der Waals surface area (Å²) in [6.07, 6.45) is 24.8. The molecule has 0 aliphatic carbocycles. The molecule has 0 amide bonds. The number of nitrogens with zero attached hydrogens (tertiary/aromatic N) is 1. The lowest BCUT2D eigenvalue weighted by Gasteiger charge is -2.32.